The van der Waals surface area contributed by atoms with E-state index < -0.39 is 0 Å². The predicted molar refractivity (Wildman–Crippen MR) is 91.2 cm³/mol. The summed E-state index contributed by atoms with van der Waals surface area (Å²) < 4.78 is 0. The van der Waals surface area contributed by atoms with Crippen LogP contribution in [0.1, 0.15) is 21.5 Å². The van der Waals surface area contributed by atoms with E-state index >= 15 is 0 Å². The molecule has 4 heteroatoms. The molecule has 2 aromatic carbocycles. The van der Waals surface area contributed by atoms with Crippen LogP contribution < -0.4 is 0 Å². The number of aliphatic hydroxyl groups excluding tert-OH is 1. The second-order valence-corrected chi connectivity index (χ2v) is 6.12. The standard InChI is InChI=1S/C18H17NO2S/c20-10-13-5-7-14(8-6-13)11-22-12-18(21)16-9-19-17-4-2-1-3-15(16)17/h1-9,19-20H,10-12H2. The molecule has 0 aliphatic rings. The van der Waals surface area contributed by atoms with Crippen LogP contribution in [0.25, 0.3) is 10.9 Å². The van der Waals surface area contributed by atoms with Crippen LogP contribution in [-0.2, 0) is 12.4 Å². The number of carbonyl (C=O) groups is 1. The predicted octanol–water partition coefficient (Wildman–Crippen LogP) is 3.78. The van der Waals surface area contributed by atoms with E-state index in [1.807, 2.05) is 48.5 Å². The minimum Gasteiger partial charge on any atom is -0.392 e. The first-order valence-corrected chi connectivity index (χ1v) is 8.29. The fourth-order valence-corrected chi connectivity index (χ4v) is 3.25. The Balaban J connectivity index is 1.60. The molecule has 0 unspecified atom stereocenters. The fourth-order valence-electron chi connectivity index (χ4n) is 2.38. The Bertz CT molecular complexity index is 777. The molecule has 1 aromatic heterocycles. The van der Waals surface area contributed by atoms with Crippen molar-refractivity contribution in [3.05, 3.63) is 71.4 Å². The lowest BCUT2D eigenvalue weighted by atomic mass is 10.1. The minimum atomic E-state index is 0.0620. The number of ketones is 1. The maximum Gasteiger partial charge on any atom is 0.174 e. The number of nitrogens with one attached hydrogen (secondary N) is 1. The van der Waals surface area contributed by atoms with Crippen LogP contribution in [0.3, 0.4) is 0 Å². The molecule has 1 heterocycles. The zero-order valence-corrected chi connectivity index (χ0v) is 12.9. The number of hydrogen-bond acceptors (Lipinski definition) is 3. The van der Waals surface area contributed by atoms with E-state index in [0.29, 0.717) is 5.75 Å². The van der Waals surface area contributed by atoms with E-state index in [2.05, 4.69) is 4.98 Å². The first kappa shape index (κ1) is 14.9. The Morgan fingerprint density at radius 3 is 2.55 bits per heavy atom. The number of carbonyl (C=O) groups excluding carboxylic acids is 1. The van der Waals surface area contributed by atoms with Gasteiger partial charge in [0.25, 0.3) is 0 Å². The molecule has 112 valence electrons. The molecule has 3 aromatic rings. The highest BCUT2D eigenvalue weighted by Crippen LogP contribution is 2.21. The van der Waals surface area contributed by atoms with Gasteiger partial charge < -0.3 is 10.1 Å². The molecular formula is C18H17NO2S. The molecule has 0 radical (unpaired) electrons. The van der Waals surface area contributed by atoms with E-state index in [0.717, 1.165) is 33.3 Å². The largest absolute Gasteiger partial charge is 0.392 e. The van der Waals surface area contributed by atoms with E-state index in [-0.39, 0.29) is 12.4 Å². The topological polar surface area (TPSA) is 53.1 Å². The summed E-state index contributed by atoms with van der Waals surface area (Å²) in [6.07, 6.45) is 1.80. The Kier molecular flexibility index (Phi) is 4.61. The van der Waals surface area contributed by atoms with Crippen LogP contribution in [0.2, 0.25) is 0 Å². The van der Waals surface area contributed by atoms with Gasteiger partial charge in [-0.25, -0.2) is 0 Å². The van der Waals surface area contributed by atoms with Crippen LogP contribution in [0.15, 0.2) is 54.7 Å². The van der Waals surface area contributed by atoms with Crippen molar-refractivity contribution in [3.63, 3.8) is 0 Å². The van der Waals surface area contributed by atoms with Gasteiger partial charge in [0.05, 0.1) is 12.4 Å². The number of hydrogen-bond donors (Lipinski definition) is 2. The normalized spacial score (nSPS) is 11.0. The highest BCUT2D eigenvalue weighted by atomic mass is 32.2. The molecule has 0 saturated heterocycles. The summed E-state index contributed by atoms with van der Waals surface area (Å²) in [5, 5.41) is 10.0. The molecule has 3 nitrogen and oxygen atoms in total. The molecule has 3 rings (SSSR count). The minimum absolute atomic E-state index is 0.0620. The fraction of sp³-hybridized carbons (Fsp3) is 0.167. The van der Waals surface area contributed by atoms with E-state index in [1.165, 1.54) is 0 Å². The van der Waals surface area contributed by atoms with Gasteiger partial charge in [-0.1, -0.05) is 42.5 Å². The number of aliphatic hydroxyl groups is 1. The second kappa shape index (κ2) is 6.81. The summed E-state index contributed by atoms with van der Waals surface area (Å²) in [4.78, 5) is 15.5. The van der Waals surface area contributed by atoms with Crippen LogP contribution in [0.4, 0.5) is 0 Å². The number of Topliss-reactive ketones (excluding diaryl/α,β-unsaturated/α-hetero) is 1. The third-order valence-corrected chi connectivity index (χ3v) is 4.60. The zero-order valence-electron chi connectivity index (χ0n) is 12.1. The monoisotopic (exact) mass is 311 g/mol. The summed E-state index contributed by atoms with van der Waals surface area (Å²) >= 11 is 1.61. The van der Waals surface area contributed by atoms with Crippen molar-refractivity contribution in [1.29, 1.82) is 0 Å². The van der Waals surface area contributed by atoms with Crippen molar-refractivity contribution < 1.29 is 9.90 Å². The number of thioether (sulfide) groups is 1. The molecule has 0 aliphatic heterocycles. The van der Waals surface area contributed by atoms with Crippen LogP contribution in [0.5, 0.6) is 0 Å². The number of rotatable bonds is 6. The Morgan fingerprint density at radius 1 is 1.05 bits per heavy atom. The van der Waals surface area contributed by atoms with Gasteiger partial charge in [-0.3, -0.25) is 4.79 Å². The maximum absolute atomic E-state index is 12.3. The van der Waals surface area contributed by atoms with E-state index in [4.69, 9.17) is 5.11 Å². The van der Waals surface area contributed by atoms with Gasteiger partial charge in [-0.15, -0.1) is 11.8 Å². The van der Waals surface area contributed by atoms with Gasteiger partial charge >= 0.3 is 0 Å². The molecule has 0 aliphatic carbocycles. The van der Waals surface area contributed by atoms with Gasteiger partial charge in [0.1, 0.15) is 0 Å². The van der Waals surface area contributed by atoms with Crippen molar-refractivity contribution in [3.8, 4) is 0 Å². The first-order chi connectivity index (χ1) is 10.8. The van der Waals surface area contributed by atoms with Gasteiger partial charge in [0, 0.05) is 28.4 Å². The highest BCUT2D eigenvalue weighted by Gasteiger charge is 2.11. The van der Waals surface area contributed by atoms with E-state index in [9.17, 15) is 4.79 Å². The summed E-state index contributed by atoms with van der Waals surface area (Å²) in [7, 11) is 0. The third kappa shape index (κ3) is 3.24. The summed E-state index contributed by atoms with van der Waals surface area (Å²) in [6.45, 7) is 0.0620. The molecule has 0 saturated carbocycles. The summed E-state index contributed by atoms with van der Waals surface area (Å²) in [5.74, 6) is 1.40. The summed E-state index contributed by atoms with van der Waals surface area (Å²) in [6, 6.07) is 15.7. The molecule has 2 N–H and O–H groups in total. The molecule has 22 heavy (non-hydrogen) atoms. The SMILES string of the molecule is O=C(CSCc1ccc(CO)cc1)c1c[nH]c2ccccc12. The average molecular weight is 311 g/mol. The molecule has 0 amide bonds. The zero-order chi connectivity index (χ0) is 15.4. The van der Waals surface area contributed by atoms with Crippen LogP contribution >= 0.6 is 11.8 Å². The number of H-pyrrole nitrogens is 1. The maximum atomic E-state index is 12.3. The Labute approximate surface area is 133 Å². The van der Waals surface area contributed by atoms with Crippen molar-refractivity contribution in [1.82, 2.24) is 4.98 Å². The quantitative estimate of drug-likeness (QED) is 0.681. The first-order valence-electron chi connectivity index (χ1n) is 7.13. The average Bonchev–Trinajstić information content (AvgIpc) is 2.99. The molecule has 0 spiro atoms. The third-order valence-electron chi connectivity index (χ3n) is 3.60. The Morgan fingerprint density at radius 2 is 1.77 bits per heavy atom. The number of fused-ring (bicyclic) bond motifs is 1. The number of aromatic nitrogens is 1. The van der Waals surface area contributed by atoms with Gasteiger partial charge in [-0.05, 0) is 17.2 Å². The van der Waals surface area contributed by atoms with Crippen molar-refractivity contribution >= 4 is 28.4 Å². The molecule has 0 atom stereocenters. The van der Waals surface area contributed by atoms with Gasteiger partial charge in [-0.2, -0.15) is 0 Å². The van der Waals surface area contributed by atoms with Gasteiger partial charge in [0.2, 0.25) is 0 Å². The highest BCUT2D eigenvalue weighted by molar-refractivity contribution is 7.99. The second-order valence-electron chi connectivity index (χ2n) is 5.14. The molecular weight excluding hydrogens is 294 g/mol. The number of aromatic amines is 1. The Hall–Kier alpha value is -2.04. The lowest BCUT2D eigenvalue weighted by molar-refractivity contribution is 0.102. The molecule has 0 bridgehead atoms. The smallest absolute Gasteiger partial charge is 0.174 e. The van der Waals surface area contributed by atoms with Crippen molar-refractivity contribution in [2.75, 3.05) is 5.75 Å². The van der Waals surface area contributed by atoms with E-state index in [1.54, 1.807) is 18.0 Å². The van der Waals surface area contributed by atoms with Crippen molar-refractivity contribution in [2.45, 2.75) is 12.4 Å². The summed E-state index contributed by atoms with van der Waals surface area (Å²) in [5.41, 5.74) is 3.83. The number of para-hydroxylation sites is 1. The molecule has 0 fully saturated rings. The lowest BCUT2D eigenvalue weighted by Crippen LogP contribution is -2.01. The number of benzene rings is 2. The van der Waals surface area contributed by atoms with Crippen LogP contribution in [0, 0.1) is 0 Å². The van der Waals surface area contributed by atoms with Gasteiger partial charge in [0.15, 0.2) is 5.78 Å². The van der Waals surface area contributed by atoms with Crippen LogP contribution in [-0.4, -0.2) is 21.6 Å². The lowest BCUT2D eigenvalue weighted by Gasteiger charge is -2.03. The van der Waals surface area contributed by atoms with Crippen molar-refractivity contribution in [2.24, 2.45) is 0 Å².